The minimum absolute atomic E-state index is 0.468. The fourth-order valence-corrected chi connectivity index (χ4v) is 1.46. The lowest BCUT2D eigenvalue weighted by Crippen LogP contribution is -2.19. The average Bonchev–Trinajstić information content (AvgIpc) is 2.15. The summed E-state index contributed by atoms with van der Waals surface area (Å²) < 4.78 is 63.4. The third-order valence-electron chi connectivity index (χ3n) is 1.57. The molecule has 0 N–H and O–H groups in total. The lowest BCUT2D eigenvalue weighted by atomic mass is 10.2. The van der Waals surface area contributed by atoms with Gasteiger partial charge in [0.2, 0.25) is 5.88 Å². The van der Waals surface area contributed by atoms with E-state index in [0.29, 0.717) is 6.20 Å². The molecule has 0 saturated heterocycles. The lowest BCUT2D eigenvalue weighted by molar-refractivity contribution is -0.276. The van der Waals surface area contributed by atoms with Gasteiger partial charge in [0.15, 0.2) is 0 Å². The van der Waals surface area contributed by atoms with Gasteiger partial charge in [-0.05, 0) is 15.9 Å². The second-order valence-corrected chi connectivity index (χ2v) is 3.46. The maximum absolute atomic E-state index is 12.4. The molecule has 0 bridgehead atoms. The van der Waals surface area contributed by atoms with Crippen molar-refractivity contribution in [2.45, 2.75) is 12.8 Å². The largest absolute Gasteiger partial charge is 0.574 e. The molecule has 0 fully saturated rings. The van der Waals surface area contributed by atoms with Gasteiger partial charge in [-0.15, -0.1) is 13.2 Å². The van der Waals surface area contributed by atoms with Crippen LogP contribution < -0.4 is 4.74 Å². The molecule has 0 aromatic carbocycles. The number of nitriles is 1. The number of rotatable bonds is 2. The maximum atomic E-state index is 12.4. The van der Waals surface area contributed by atoms with Crippen LogP contribution in [-0.2, 0) is 0 Å². The quantitative estimate of drug-likeness (QED) is 0.784. The van der Waals surface area contributed by atoms with Crippen LogP contribution in [0.3, 0.4) is 0 Å². The molecule has 1 rings (SSSR count). The molecule has 0 atom stereocenters. The number of hydrogen-bond donors (Lipinski definition) is 0. The topological polar surface area (TPSA) is 45.9 Å². The molecule has 0 aliphatic heterocycles. The van der Waals surface area contributed by atoms with E-state index in [4.69, 9.17) is 5.26 Å². The summed E-state index contributed by atoms with van der Waals surface area (Å²) in [5, 5.41) is 8.59. The molecule has 1 aromatic rings. The van der Waals surface area contributed by atoms with Crippen LogP contribution in [0.4, 0.5) is 22.0 Å². The smallest absolute Gasteiger partial charge is 0.386 e. The van der Waals surface area contributed by atoms with Crippen molar-refractivity contribution in [2.75, 3.05) is 0 Å². The van der Waals surface area contributed by atoms with Crippen LogP contribution in [0.25, 0.3) is 0 Å². The lowest BCUT2D eigenvalue weighted by Gasteiger charge is -2.11. The summed E-state index contributed by atoms with van der Waals surface area (Å²) in [6.45, 7) is 0. The number of hydrogen-bond acceptors (Lipinski definition) is 3. The van der Waals surface area contributed by atoms with Crippen molar-refractivity contribution in [3.05, 3.63) is 21.8 Å². The minimum Gasteiger partial charge on any atom is -0.386 e. The Morgan fingerprint density at radius 3 is 2.41 bits per heavy atom. The second-order valence-electron chi connectivity index (χ2n) is 2.67. The zero-order valence-electron chi connectivity index (χ0n) is 7.73. The highest BCUT2D eigenvalue weighted by Crippen LogP contribution is 2.34. The van der Waals surface area contributed by atoms with Crippen LogP contribution in [0, 0.1) is 11.3 Å². The first-order valence-corrected chi connectivity index (χ1v) is 4.68. The van der Waals surface area contributed by atoms with Crippen molar-refractivity contribution in [2.24, 2.45) is 0 Å². The molecule has 17 heavy (non-hydrogen) atoms. The molecule has 0 radical (unpaired) electrons. The van der Waals surface area contributed by atoms with Crippen molar-refractivity contribution in [3.63, 3.8) is 0 Å². The SMILES string of the molecule is N#Cc1c(OC(F)(F)F)ncc(C(F)F)c1Br. The van der Waals surface area contributed by atoms with Gasteiger partial charge in [0.1, 0.15) is 11.6 Å². The Kier molecular flexibility index (Phi) is 3.87. The van der Waals surface area contributed by atoms with Crippen LogP contribution in [0.1, 0.15) is 17.6 Å². The summed E-state index contributed by atoms with van der Waals surface area (Å²) in [6.07, 6.45) is -7.51. The molecule has 0 spiro atoms. The number of pyridine rings is 1. The Bertz CT molecular complexity index is 468. The van der Waals surface area contributed by atoms with E-state index in [9.17, 15) is 22.0 Å². The van der Waals surface area contributed by atoms with Gasteiger partial charge >= 0.3 is 6.36 Å². The fraction of sp³-hybridized carbons (Fsp3) is 0.250. The van der Waals surface area contributed by atoms with E-state index in [-0.39, 0.29) is 0 Å². The van der Waals surface area contributed by atoms with Crippen molar-refractivity contribution >= 4 is 15.9 Å². The van der Waals surface area contributed by atoms with Crippen LogP contribution in [0.2, 0.25) is 0 Å². The molecular formula is C8H2BrF5N2O. The standard InChI is InChI=1S/C8H2BrF5N2O/c9-5-3(1-15)7(17-8(12,13)14)16-2-4(5)6(10)11/h2,6H. The Morgan fingerprint density at radius 1 is 1.41 bits per heavy atom. The zero-order valence-corrected chi connectivity index (χ0v) is 9.31. The highest BCUT2D eigenvalue weighted by molar-refractivity contribution is 9.10. The van der Waals surface area contributed by atoms with Gasteiger partial charge < -0.3 is 4.74 Å². The van der Waals surface area contributed by atoms with Crippen LogP contribution in [-0.4, -0.2) is 11.3 Å². The summed E-state index contributed by atoms with van der Waals surface area (Å²) in [7, 11) is 0. The van der Waals surface area contributed by atoms with E-state index in [1.807, 2.05) is 0 Å². The monoisotopic (exact) mass is 316 g/mol. The highest BCUT2D eigenvalue weighted by atomic mass is 79.9. The van der Waals surface area contributed by atoms with E-state index in [2.05, 4.69) is 25.7 Å². The van der Waals surface area contributed by atoms with Gasteiger partial charge in [-0.2, -0.15) is 5.26 Å². The van der Waals surface area contributed by atoms with Crippen molar-refractivity contribution < 1.29 is 26.7 Å². The number of halogens is 6. The summed E-state index contributed by atoms with van der Waals surface area (Å²) in [5.41, 5.74) is -1.42. The third kappa shape index (κ3) is 3.26. The molecule has 3 nitrogen and oxygen atoms in total. The molecule has 9 heteroatoms. The van der Waals surface area contributed by atoms with Crippen molar-refractivity contribution in [1.82, 2.24) is 4.98 Å². The molecule has 0 unspecified atom stereocenters. The number of aromatic nitrogens is 1. The van der Waals surface area contributed by atoms with Gasteiger partial charge in [-0.3, -0.25) is 0 Å². The van der Waals surface area contributed by atoms with E-state index >= 15 is 0 Å². The summed E-state index contributed by atoms with van der Waals surface area (Å²) >= 11 is 2.61. The van der Waals surface area contributed by atoms with Crippen molar-refractivity contribution in [1.29, 1.82) is 5.26 Å². The van der Waals surface area contributed by atoms with E-state index in [1.165, 1.54) is 6.07 Å². The molecule has 92 valence electrons. The highest BCUT2D eigenvalue weighted by Gasteiger charge is 2.34. The Hall–Kier alpha value is -1.43. The first kappa shape index (κ1) is 13.6. The third-order valence-corrected chi connectivity index (χ3v) is 2.42. The Balaban J connectivity index is 3.28. The molecule has 1 aromatic heterocycles. The number of nitrogens with zero attached hydrogens (tertiary/aromatic N) is 2. The van der Waals surface area contributed by atoms with E-state index in [0.717, 1.165) is 0 Å². The van der Waals surface area contributed by atoms with Gasteiger partial charge in [-0.1, -0.05) is 0 Å². The number of ether oxygens (including phenoxy) is 1. The predicted molar refractivity (Wildman–Crippen MR) is 48.3 cm³/mol. The molecule has 0 saturated carbocycles. The average molecular weight is 317 g/mol. The molecule has 0 aliphatic carbocycles. The Morgan fingerprint density at radius 2 is 2.00 bits per heavy atom. The molecule has 1 heterocycles. The van der Waals surface area contributed by atoms with Crippen LogP contribution in [0.5, 0.6) is 5.88 Å². The molecular weight excluding hydrogens is 315 g/mol. The summed E-state index contributed by atoms with van der Waals surface area (Å²) in [6, 6.07) is 1.31. The number of alkyl halides is 5. The van der Waals surface area contributed by atoms with Crippen LogP contribution >= 0.6 is 15.9 Å². The normalized spacial score (nSPS) is 11.4. The van der Waals surface area contributed by atoms with E-state index < -0.39 is 34.3 Å². The van der Waals surface area contributed by atoms with Gasteiger partial charge in [0, 0.05) is 6.20 Å². The first-order chi connectivity index (χ1) is 7.76. The van der Waals surface area contributed by atoms with Gasteiger partial charge in [0.25, 0.3) is 6.43 Å². The second kappa shape index (κ2) is 4.83. The molecule has 0 amide bonds. The van der Waals surface area contributed by atoms with E-state index in [1.54, 1.807) is 0 Å². The Labute approximate surface area is 99.9 Å². The van der Waals surface area contributed by atoms with Crippen molar-refractivity contribution in [3.8, 4) is 11.9 Å². The first-order valence-electron chi connectivity index (χ1n) is 3.88. The zero-order chi connectivity index (χ0) is 13.2. The van der Waals surface area contributed by atoms with Gasteiger partial charge in [0.05, 0.1) is 10.0 Å². The maximum Gasteiger partial charge on any atom is 0.574 e. The predicted octanol–water partition coefficient (Wildman–Crippen LogP) is 3.55. The molecule has 0 aliphatic rings. The minimum atomic E-state index is -5.05. The van der Waals surface area contributed by atoms with Crippen LogP contribution in [0.15, 0.2) is 10.7 Å². The van der Waals surface area contributed by atoms with Gasteiger partial charge in [-0.25, -0.2) is 13.8 Å². The fourth-order valence-electron chi connectivity index (χ4n) is 0.924. The summed E-state index contributed by atoms with van der Waals surface area (Å²) in [5.74, 6) is -1.07. The summed E-state index contributed by atoms with van der Waals surface area (Å²) in [4.78, 5) is 3.04.